The van der Waals surface area contributed by atoms with Crippen molar-refractivity contribution in [2.24, 2.45) is 0 Å². The third-order valence-electron chi connectivity index (χ3n) is 3.37. The van der Waals surface area contributed by atoms with Crippen LogP contribution in [0.1, 0.15) is 25.7 Å². The molecule has 1 aliphatic heterocycles. The number of nitriles is 1. The van der Waals surface area contributed by atoms with Crippen LogP contribution in [0.5, 0.6) is 0 Å². The maximum Gasteiger partial charge on any atom is 0.231 e. The quantitative estimate of drug-likeness (QED) is 0.866. The minimum Gasteiger partial charge on any atom is -0.357 e. The standard InChI is InChI=1S/C13H21N7/c1-15-11-16-12(19(2)8-6-7-14)18-13(17-11)20-9-4-3-5-10-20/h3-6,8-10H2,1-2H3,(H,15,16,17,18). The first-order chi connectivity index (χ1) is 9.74. The zero-order valence-electron chi connectivity index (χ0n) is 12.1. The molecule has 1 fully saturated rings. The summed E-state index contributed by atoms with van der Waals surface area (Å²) >= 11 is 0. The molecule has 1 N–H and O–H groups in total. The summed E-state index contributed by atoms with van der Waals surface area (Å²) in [4.78, 5) is 17.4. The average molecular weight is 275 g/mol. The van der Waals surface area contributed by atoms with Crippen LogP contribution in [0.4, 0.5) is 17.8 Å². The van der Waals surface area contributed by atoms with Gasteiger partial charge in [-0.1, -0.05) is 0 Å². The Morgan fingerprint density at radius 1 is 1.25 bits per heavy atom. The lowest BCUT2D eigenvalue weighted by atomic mass is 10.1. The molecule has 0 spiro atoms. The molecule has 1 aromatic heterocycles. The normalized spacial score (nSPS) is 14.8. The molecule has 108 valence electrons. The highest BCUT2D eigenvalue weighted by molar-refractivity contribution is 5.44. The van der Waals surface area contributed by atoms with Crippen molar-refractivity contribution in [1.82, 2.24) is 15.0 Å². The van der Waals surface area contributed by atoms with Crippen LogP contribution < -0.4 is 15.1 Å². The van der Waals surface area contributed by atoms with Gasteiger partial charge in [0, 0.05) is 33.7 Å². The molecule has 7 nitrogen and oxygen atoms in total. The molecule has 0 radical (unpaired) electrons. The van der Waals surface area contributed by atoms with E-state index in [2.05, 4.69) is 31.2 Å². The Morgan fingerprint density at radius 3 is 2.65 bits per heavy atom. The van der Waals surface area contributed by atoms with Crippen LogP contribution in [0.25, 0.3) is 0 Å². The Balaban J connectivity index is 2.21. The Labute approximate surface area is 119 Å². The van der Waals surface area contributed by atoms with Crippen molar-refractivity contribution in [2.45, 2.75) is 25.7 Å². The summed E-state index contributed by atoms with van der Waals surface area (Å²) < 4.78 is 0. The molecule has 1 aliphatic rings. The van der Waals surface area contributed by atoms with Gasteiger partial charge in [0.25, 0.3) is 0 Å². The van der Waals surface area contributed by atoms with Crippen LogP contribution in [-0.4, -0.2) is 48.7 Å². The number of nitrogens with zero attached hydrogens (tertiary/aromatic N) is 6. The predicted octanol–water partition coefficient (Wildman–Crippen LogP) is 1.25. The summed E-state index contributed by atoms with van der Waals surface area (Å²) in [5, 5.41) is 11.6. The molecule has 0 bridgehead atoms. The first-order valence-electron chi connectivity index (χ1n) is 7.01. The molecule has 1 aromatic rings. The van der Waals surface area contributed by atoms with E-state index in [9.17, 15) is 0 Å². The first kappa shape index (κ1) is 14.3. The smallest absolute Gasteiger partial charge is 0.231 e. The molecule has 7 heteroatoms. The Bertz CT molecular complexity index is 476. The fraction of sp³-hybridized carbons (Fsp3) is 0.692. The highest BCUT2D eigenvalue weighted by Crippen LogP contribution is 2.19. The van der Waals surface area contributed by atoms with Gasteiger partial charge in [0.2, 0.25) is 17.8 Å². The molecular weight excluding hydrogens is 254 g/mol. The van der Waals surface area contributed by atoms with Gasteiger partial charge >= 0.3 is 0 Å². The lowest BCUT2D eigenvalue weighted by molar-refractivity contribution is 0.567. The van der Waals surface area contributed by atoms with Crippen molar-refractivity contribution in [3.8, 4) is 6.07 Å². The van der Waals surface area contributed by atoms with Crippen molar-refractivity contribution in [1.29, 1.82) is 5.26 Å². The van der Waals surface area contributed by atoms with Gasteiger partial charge in [0.05, 0.1) is 12.5 Å². The second-order valence-electron chi connectivity index (χ2n) is 4.89. The minimum atomic E-state index is 0.454. The van der Waals surface area contributed by atoms with E-state index in [1.165, 1.54) is 19.3 Å². The van der Waals surface area contributed by atoms with E-state index in [0.29, 0.717) is 24.9 Å². The van der Waals surface area contributed by atoms with E-state index in [1.54, 1.807) is 7.05 Å². The largest absolute Gasteiger partial charge is 0.357 e. The number of anilines is 3. The number of hydrogen-bond acceptors (Lipinski definition) is 7. The molecule has 1 saturated heterocycles. The minimum absolute atomic E-state index is 0.454. The van der Waals surface area contributed by atoms with Crippen molar-refractivity contribution in [3.05, 3.63) is 0 Å². The second kappa shape index (κ2) is 6.89. The molecule has 0 unspecified atom stereocenters. The molecule has 0 aromatic carbocycles. The molecule has 0 saturated carbocycles. The molecule has 0 aliphatic carbocycles. The number of rotatable bonds is 5. The summed E-state index contributed by atoms with van der Waals surface area (Å²) in [6, 6.07) is 2.14. The molecule has 0 atom stereocenters. The van der Waals surface area contributed by atoms with Gasteiger partial charge in [-0.25, -0.2) is 0 Å². The lowest BCUT2D eigenvalue weighted by Crippen LogP contribution is -2.32. The van der Waals surface area contributed by atoms with Crippen LogP contribution in [-0.2, 0) is 0 Å². The number of hydrogen-bond donors (Lipinski definition) is 1. The van der Waals surface area contributed by atoms with Crippen molar-refractivity contribution < 1.29 is 0 Å². The van der Waals surface area contributed by atoms with Crippen molar-refractivity contribution >= 4 is 17.8 Å². The fourth-order valence-electron chi connectivity index (χ4n) is 2.19. The Hall–Kier alpha value is -2.10. The predicted molar refractivity (Wildman–Crippen MR) is 78.9 cm³/mol. The Kier molecular flexibility index (Phi) is 4.93. The third kappa shape index (κ3) is 3.47. The summed E-state index contributed by atoms with van der Waals surface area (Å²) in [6.45, 7) is 2.60. The number of nitrogens with one attached hydrogen (secondary N) is 1. The van der Waals surface area contributed by atoms with Crippen LogP contribution in [0.15, 0.2) is 0 Å². The SMILES string of the molecule is CNc1nc(N(C)CCC#N)nc(N2CCCCC2)n1. The lowest BCUT2D eigenvalue weighted by Gasteiger charge is -2.27. The van der Waals surface area contributed by atoms with E-state index in [1.807, 2.05) is 11.9 Å². The van der Waals surface area contributed by atoms with Crippen LogP contribution >= 0.6 is 0 Å². The maximum absolute atomic E-state index is 8.67. The summed E-state index contributed by atoms with van der Waals surface area (Å²) in [5.41, 5.74) is 0. The summed E-state index contributed by atoms with van der Waals surface area (Å²) in [7, 11) is 3.69. The van der Waals surface area contributed by atoms with E-state index < -0.39 is 0 Å². The number of aromatic nitrogens is 3. The van der Waals surface area contributed by atoms with E-state index in [-0.39, 0.29) is 0 Å². The van der Waals surface area contributed by atoms with Crippen LogP contribution in [0.2, 0.25) is 0 Å². The zero-order valence-corrected chi connectivity index (χ0v) is 12.1. The molecular formula is C13H21N7. The highest BCUT2D eigenvalue weighted by Gasteiger charge is 2.17. The van der Waals surface area contributed by atoms with E-state index >= 15 is 0 Å². The van der Waals surface area contributed by atoms with Gasteiger partial charge in [-0.05, 0) is 19.3 Å². The molecule has 2 rings (SSSR count). The van der Waals surface area contributed by atoms with Crippen LogP contribution in [0, 0.1) is 11.3 Å². The monoisotopic (exact) mass is 275 g/mol. The van der Waals surface area contributed by atoms with E-state index in [0.717, 1.165) is 19.0 Å². The topological polar surface area (TPSA) is 81.0 Å². The third-order valence-corrected chi connectivity index (χ3v) is 3.37. The molecule has 2 heterocycles. The van der Waals surface area contributed by atoms with Crippen LogP contribution in [0.3, 0.4) is 0 Å². The second-order valence-corrected chi connectivity index (χ2v) is 4.89. The first-order valence-corrected chi connectivity index (χ1v) is 7.01. The fourth-order valence-corrected chi connectivity index (χ4v) is 2.19. The average Bonchev–Trinajstić information content (AvgIpc) is 2.52. The van der Waals surface area contributed by atoms with Gasteiger partial charge in [-0.3, -0.25) is 0 Å². The van der Waals surface area contributed by atoms with Gasteiger partial charge in [0.15, 0.2) is 0 Å². The van der Waals surface area contributed by atoms with Gasteiger partial charge in [-0.2, -0.15) is 20.2 Å². The molecule has 0 amide bonds. The number of piperidine rings is 1. The highest BCUT2D eigenvalue weighted by atomic mass is 15.4. The van der Waals surface area contributed by atoms with E-state index in [4.69, 9.17) is 5.26 Å². The van der Waals surface area contributed by atoms with Gasteiger partial charge in [0.1, 0.15) is 0 Å². The van der Waals surface area contributed by atoms with Crippen molar-refractivity contribution in [3.63, 3.8) is 0 Å². The summed E-state index contributed by atoms with van der Waals surface area (Å²) in [5.74, 6) is 1.91. The van der Waals surface area contributed by atoms with Gasteiger partial charge in [-0.15, -0.1) is 0 Å². The van der Waals surface area contributed by atoms with Gasteiger partial charge < -0.3 is 15.1 Å². The molecule has 20 heavy (non-hydrogen) atoms. The zero-order chi connectivity index (χ0) is 14.4. The Morgan fingerprint density at radius 2 is 2.00 bits per heavy atom. The summed E-state index contributed by atoms with van der Waals surface area (Å²) in [6.07, 6.45) is 4.09. The van der Waals surface area contributed by atoms with Crippen molar-refractivity contribution in [2.75, 3.05) is 48.8 Å². The maximum atomic E-state index is 8.67.